The Hall–Kier alpha value is 0.416. The molecule has 0 fully saturated rings. The first-order chi connectivity index (χ1) is 5.11. The van der Waals surface area contributed by atoms with Gasteiger partial charge in [0.15, 0.2) is 0 Å². The Morgan fingerprint density at radius 3 is 2.50 bits per heavy atom. The fourth-order valence-electron chi connectivity index (χ4n) is 0.660. The molecule has 0 amide bonds. The van der Waals surface area contributed by atoms with E-state index in [4.69, 9.17) is 22.4 Å². The van der Waals surface area contributed by atoms with E-state index in [1.807, 2.05) is 0 Å². The zero-order valence-corrected chi connectivity index (χ0v) is 6.30. The number of benzene rings is 1. The number of anilines is 1. The summed E-state index contributed by atoms with van der Waals surface area (Å²) in [6, 6.07) is 4.19. The maximum atomic E-state index is 10.4. The second-order valence-electron chi connectivity index (χ2n) is 2.04. The van der Waals surface area contributed by atoms with Gasteiger partial charge in [-0.25, -0.2) is 4.79 Å². The molecule has 0 aliphatic carbocycles. The van der Waals surface area contributed by atoms with Crippen LogP contribution in [-0.4, -0.2) is 62.5 Å². The van der Waals surface area contributed by atoms with Crippen molar-refractivity contribution < 1.29 is 9.90 Å². The SMILES string of the molecule is Nc1ccc(C(=O)O)cc1Cl.[KH]. The van der Waals surface area contributed by atoms with E-state index in [-0.39, 0.29) is 62.0 Å². The van der Waals surface area contributed by atoms with E-state index in [0.29, 0.717) is 5.69 Å². The van der Waals surface area contributed by atoms with Crippen molar-refractivity contribution >= 4 is 74.6 Å². The second-order valence-corrected chi connectivity index (χ2v) is 2.45. The first kappa shape index (κ1) is 12.4. The van der Waals surface area contributed by atoms with Gasteiger partial charge in [-0.1, -0.05) is 11.6 Å². The Morgan fingerprint density at radius 2 is 2.08 bits per heavy atom. The van der Waals surface area contributed by atoms with Crippen molar-refractivity contribution in [2.45, 2.75) is 0 Å². The molecule has 0 saturated carbocycles. The minimum atomic E-state index is -1.01. The Balaban J connectivity index is 0.00000121. The van der Waals surface area contributed by atoms with Crippen LogP contribution in [0.1, 0.15) is 10.4 Å². The van der Waals surface area contributed by atoms with Gasteiger partial charge in [0.25, 0.3) is 0 Å². The predicted molar refractivity (Wildman–Crippen MR) is 50.0 cm³/mol. The van der Waals surface area contributed by atoms with Crippen LogP contribution in [0.5, 0.6) is 0 Å². The number of nitrogen functional groups attached to an aromatic ring is 1. The van der Waals surface area contributed by atoms with Crippen LogP contribution in [0.4, 0.5) is 5.69 Å². The van der Waals surface area contributed by atoms with Gasteiger partial charge in [0, 0.05) is 0 Å². The molecule has 0 heterocycles. The number of halogens is 1. The number of nitrogens with two attached hydrogens (primary N) is 1. The summed E-state index contributed by atoms with van der Waals surface area (Å²) in [7, 11) is 0. The Morgan fingerprint density at radius 1 is 1.50 bits per heavy atom. The fourth-order valence-corrected chi connectivity index (χ4v) is 0.841. The van der Waals surface area contributed by atoms with E-state index in [9.17, 15) is 4.79 Å². The molecule has 1 aromatic carbocycles. The zero-order valence-electron chi connectivity index (χ0n) is 5.54. The molecule has 0 radical (unpaired) electrons. The van der Waals surface area contributed by atoms with Gasteiger partial charge in [0.2, 0.25) is 0 Å². The van der Waals surface area contributed by atoms with Crippen LogP contribution >= 0.6 is 11.6 Å². The number of aromatic carboxylic acids is 1. The molecule has 0 aliphatic rings. The summed E-state index contributed by atoms with van der Waals surface area (Å²) in [4.78, 5) is 10.4. The van der Waals surface area contributed by atoms with Crippen LogP contribution in [-0.2, 0) is 0 Å². The molecule has 0 bridgehead atoms. The van der Waals surface area contributed by atoms with E-state index in [1.165, 1.54) is 18.2 Å². The van der Waals surface area contributed by atoms with E-state index >= 15 is 0 Å². The average Bonchev–Trinajstić information content (AvgIpc) is 1.94. The van der Waals surface area contributed by atoms with Crippen LogP contribution in [0, 0.1) is 0 Å². The monoisotopic (exact) mass is 211 g/mol. The molecule has 1 aromatic rings. The van der Waals surface area contributed by atoms with Crippen molar-refractivity contribution in [1.82, 2.24) is 0 Å². The second kappa shape index (κ2) is 5.21. The molecule has 0 aliphatic heterocycles. The summed E-state index contributed by atoms with van der Waals surface area (Å²) in [5.41, 5.74) is 5.89. The number of carboxylic acid groups (broad SMARTS) is 1. The molecule has 1 rings (SSSR count). The Bertz CT molecular complexity index is 303. The topological polar surface area (TPSA) is 63.3 Å². The van der Waals surface area contributed by atoms with Gasteiger partial charge >= 0.3 is 57.4 Å². The number of rotatable bonds is 1. The number of hydrogen-bond donors (Lipinski definition) is 2. The van der Waals surface area contributed by atoms with Crippen molar-refractivity contribution in [3.05, 3.63) is 28.8 Å². The van der Waals surface area contributed by atoms with E-state index < -0.39 is 5.97 Å². The molecular formula is C7H7ClKNO2. The molecule has 3 nitrogen and oxygen atoms in total. The standard InChI is InChI=1S/C7H6ClNO2.K.H/c8-5-3-4(7(10)11)1-2-6(5)9;;/h1-3H,9H2,(H,10,11);;. The molecule has 0 spiro atoms. The van der Waals surface area contributed by atoms with E-state index in [0.717, 1.165) is 0 Å². The van der Waals surface area contributed by atoms with Crippen molar-refractivity contribution in [3.8, 4) is 0 Å². The molecule has 0 atom stereocenters. The quantitative estimate of drug-likeness (QED) is 0.538. The van der Waals surface area contributed by atoms with Crippen LogP contribution in [0.25, 0.3) is 0 Å². The molecule has 0 unspecified atom stereocenters. The summed E-state index contributed by atoms with van der Waals surface area (Å²) < 4.78 is 0. The maximum absolute atomic E-state index is 10.4. The summed E-state index contributed by atoms with van der Waals surface area (Å²) in [5, 5.41) is 8.77. The first-order valence-corrected chi connectivity index (χ1v) is 3.27. The molecule has 5 heteroatoms. The summed E-state index contributed by atoms with van der Waals surface area (Å²) >= 11 is 5.57. The fraction of sp³-hybridized carbons (Fsp3) is 0. The summed E-state index contributed by atoms with van der Waals surface area (Å²) in [6.45, 7) is 0. The Labute approximate surface area is 117 Å². The van der Waals surface area contributed by atoms with Gasteiger partial charge in [-0.05, 0) is 18.2 Å². The molecule has 12 heavy (non-hydrogen) atoms. The molecule has 0 saturated heterocycles. The van der Waals surface area contributed by atoms with Crippen LogP contribution < -0.4 is 5.73 Å². The van der Waals surface area contributed by atoms with Crippen LogP contribution in [0.15, 0.2) is 18.2 Å². The van der Waals surface area contributed by atoms with Gasteiger partial charge in [0.05, 0.1) is 16.3 Å². The van der Waals surface area contributed by atoms with Gasteiger partial charge in [0.1, 0.15) is 0 Å². The van der Waals surface area contributed by atoms with Gasteiger partial charge in [-0.3, -0.25) is 0 Å². The minimum absolute atomic E-state index is 0. The molecule has 3 N–H and O–H groups in total. The van der Waals surface area contributed by atoms with Crippen molar-refractivity contribution in [3.63, 3.8) is 0 Å². The van der Waals surface area contributed by atoms with Gasteiger partial charge in [-0.2, -0.15) is 0 Å². The number of hydrogen-bond acceptors (Lipinski definition) is 2. The summed E-state index contributed by atoms with van der Waals surface area (Å²) in [5.74, 6) is -1.01. The summed E-state index contributed by atoms with van der Waals surface area (Å²) in [6.07, 6.45) is 0. The molecular weight excluding hydrogens is 205 g/mol. The predicted octanol–water partition coefficient (Wildman–Crippen LogP) is 0.972. The normalized spacial score (nSPS) is 8.75. The van der Waals surface area contributed by atoms with Gasteiger partial charge in [-0.15, -0.1) is 0 Å². The average molecular weight is 212 g/mol. The van der Waals surface area contributed by atoms with Crippen LogP contribution in [0.2, 0.25) is 5.02 Å². The zero-order chi connectivity index (χ0) is 8.43. The number of carbonyl (C=O) groups is 1. The number of carboxylic acids is 1. The third-order valence-electron chi connectivity index (χ3n) is 1.25. The van der Waals surface area contributed by atoms with E-state index in [1.54, 1.807) is 0 Å². The van der Waals surface area contributed by atoms with E-state index in [2.05, 4.69) is 0 Å². The Kier molecular flexibility index (Phi) is 5.39. The third-order valence-corrected chi connectivity index (χ3v) is 1.57. The molecule has 0 aromatic heterocycles. The first-order valence-electron chi connectivity index (χ1n) is 2.89. The van der Waals surface area contributed by atoms with Crippen molar-refractivity contribution in [2.75, 3.05) is 5.73 Å². The van der Waals surface area contributed by atoms with Crippen molar-refractivity contribution in [2.24, 2.45) is 0 Å². The van der Waals surface area contributed by atoms with Crippen LogP contribution in [0.3, 0.4) is 0 Å². The molecule has 60 valence electrons. The van der Waals surface area contributed by atoms with Crippen molar-refractivity contribution in [1.29, 1.82) is 0 Å². The van der Waals surface area contributed by atoms with Gasteiger partial charge < -0.3 is 10.8 Å². The third kappa shape index (κ3) is 3.04.